The van der Waals surface area contributed by atoms with Crippen LogP contribution in [0.4, 0.5) is 0 Å². The van der Waals surface area contributed by atoms with Gasteiger partial charge in [0.25, 0.3) is 0 Å². The van der Waals surface area contributed by atoms with Gasteiger partial charge in [0, 0.05) is 0 Å². The van der Waals surface area contributed by atoms with Gasteiger partial charge in [-0.3, -0.25) is 0 Å². The third-order valence-electron chi connectivity index (χ3n) is 0.357. The second-order valence-corrected chi connectivity index (χ2v) is 1.01. The summed E-state index contributed by atoms with van der Waals surface area (Å²) in [4.78, 5) is 9.45. The Morgan fingerprint density at radius 3 is 1.86 bits per heavy atom. The van der Waals surface area contributed by atoms with Crippen LogP contribution >= 0.6 is 0 Å². The van der Waals surface area contributed by atoms with Crippen molar-refractivity contribution in [2.45, 2.75) is 13.0 Å². The molecule has 0 aliphatic rings. The van der Waals surface area contributed by atoms with Gasteiger partial charge in [0.15, 0.2) is 0 Å². The van der Waals surface area contributed by atoms with Gasteiger partial charge >= 0.3 is 24.8 Å². The maximum absolute atomic E-state index is 9.45. The fourth-order valence-corrected chi connectivity index (χ4v) is 0. The van der Waals surface area contributed by atoms with E-state index < -0.39 is 12.1 Å². The first-order valence-electron chi connectivity index (χ1n) is 1.55. The van der Waals surface area contributed by atoms with Crippen LogP contribution in [0.2, 0.25) is 0 Å². The standard InChI is InChI=1S/C3H6O3.Li.H/c1-2(4)3(5)6;;/h2,4H,1H3,(H,5,6);;/t2-;;/m0../s1. The molecule has 1 atom stereocenters. The number of hydrogen-bond donors (Lipinski definition) is 2. The molecule has 0 aliphatic carbocycles. The Bertz CT molecular complexity index is 61.2. The number of aliphatic hydroxyl groups excluding tert-OH is 1. The van der Waals surface area contributed by atoms with Crippen LogP contribution < -0.4 is 0 Å². The van der Waals surface area contributed by atoms with Crippen molar-refractivity contribution in [1.29, 1.82) is 0 Å². The van der Waals surface area contributed by atoms with Crippen LogP contribution in [0.25, 0.3) is 0 Å². The van der Waals surface area contributed by atoms with Crippen molar-refractivity contribution in [3.05, 3.63) is 0 Å². The molecule has 0 aromatic rings. The Balaban J connectivity index is 0. The van der Waals surface area contributed by atoms with E-state index in [0.29, 0.717) is 0 Å². The molecule has 0 aliphatic heterocycles. The van der Waals surface area contributed by atoms with Crippen LogP contribution in [0.15, 0.2) is 0 Å². The van der Waals surface area contributed by atoms with Crippen LogP contribution in [0.1, 0.15) is 6.92 Å². The third-order valence-corrected chi connectivity index (χ3v) is 0.357. The molecule has 4 heteroatoms. The summed E-state index contributed by atoms with van der Waals surface area (Å²) in [5.41, 5.74) is 0. The summed E-state index contributed by atoms with van der Waals surface area (Å²) in [5.74, 6) is -1.19. The zero-order valence-corrected chi connectivity index (χ0v) is 3.38. The molecule has 0 saturated heterocycles. The summed E-state index contributed by atoms with van der Waals surface area (Å²) < 4.78 is 0. The van der Waals surface area contributed by atoms with Gasteiger partial charge in [-0.15, -0.1) is 0 Å². The summed E-state index contributed by atoms with van der Waals surface area (Å²) in [7, 11) is 0. The van der Waals surface area contributed by atoms with Crippen LogP contribution in [-0.2, 0) is 4.79 Å². The van der Waals surface area contributed by atoms with Gasteiger partial charge in [-0.25, -0.2) is 4.79 Å². The number of carboxylic acid groups (broad SMARTS) is 1. The van der Waals surface area contributed by atoms with Gasteiger partial charge in [0.05, 0.1) is 0 Å². The maximum atomic E-state index is 9.45. The molecule has 0 amide bonds. The number of carboxylic acids is 1. The molecule has 0 rings (SSSR count). The summed E-state index contributed by atoms with van der Waals surface area (Å²) in [6, 6.07) is 0. The van der Waals surface area contributed by atoms with Crippen LogP contribution in [-0.4, -0.2) is 41.1 Å². The average Bonchev–Trinajstić information content (AvgIpc) is 1.36. The Kier molecular flexibility index (Phi) is 6.05. The normalized spacial score (nSPS) is 11.7. The minimum atomic E-state index is -1.23. The van der Waals surface area contributed by atoms with E-state index in [9.17, 15) is 4.79 Å². The first-order valence-corrected chi connectivity index (χ1v) is 1.55. The molecule has 0 aromatic carbocycles. The SMILES string of the molecule is C[C@H](O)C(=O)O.[LiH]. The molecule has 3 nitrogen and oxygen atoms in total. The van der Waals surface area contributed by atoms with E-state index >= 15 is 0 Å². The molecule has 0 fully saturated rings. The predicted octanol–water partition coefficient (Wildman–Crippen LogP) is -1.20. The zero-order chi connectivity index (χ0) is 5.15. The monoisotopic (exact) mass is 98.1 g/mol. The number of hydrogen-bond acceptors (Lipinski definition) is 2. The topological polar surface area (TPSA) is 57.5 Å². The summed E-state index contributed by atoms with van der Waals surface area (Å²) in [6.45, 7) is 1.20. The first-order chi connectivity index (χ1) is 2.64. The molecule has 0 unspecified atom stereocenters. The second-order valence-electron chi connectivity index (χ2n) is 1.01. The number of aliphatic carboxylic acids is 1. The van der Waals surface area contributed by atoms with Crippen molar-refractivity contribution < 1.29 is 15.0 Å². The second kappa shape index (κ2) is 4.19. The first kappa shape index (κ1) is 10.1. The molecule has 7 heavy (non-hydrogen) atoms. The van der Waals surface area contributed by atoms with Crippen LogP contribution in [0.5, 0.6) is 0 Å². The molecule has 0 bridgehead atoms. The Morgan fingerprint density at radius 1 is 1.71 bits per heavy atom. The molecule has 0 heterocycles. The molecule has 38 valence electrons. The van der Waals surface area contributed by atoms with Crippen molar-refractivity contribution in [2.24, 2.45) is 0 Å². The minimum absolute atomic E-state index is 0. The van der Waals surface area contributed by atoms with Crippen molar-refractivity contribution in [2.75, 3.05) is 0 Å². The summed E-state index contributed by atoms with van der Waals surface area (Å²) in [5, 5.41) is 15.8. The number of rotatable bonds is 1. The number of carbonyl (C=O) groups is 1. The van der Waals surface area contributed by atoms with Gasteiger partial charge in [0.1, 0.15) is 6.10 Å². The van der Waals surface area contributed by atoms with Crippen molar-refractivity contribution in [3.8, 4) is 0 Å². The molecular formula is C3H7LiO3. The van der Waals surface area contributed by atoms with E-state index in [4.69, 9.17) is 10.2 Å². The third kappa shape index (κ3) is 6.03. The van der Waals surface area contributed by atoms with Crippen LogP contribution in [0.3, 0.4) is 0 Å². The zero-order valence-electron chi connectivity index (χ0n) is 3.38. The Labute approximate surface area is 53.5 Å². The van der Waals surface area contributed by atoms with E-state index in [1.165, 1.54) is 6.92 Å². The van der Waals surface area contributed by atoms with Gasteiger partial charge < -0.3 is 10.2 Å². The Morgan fingerprint density at radius 2 is 1.86 bits per heavy atom. The molecule has 0 spiro atoms. The van der Waals surface area contributed by atoms with E-state index in [0.717, 1.165) is 0 Å². The average molecular weight is 98.0 g/mol. The molecule has 0 aromatic heterocycles. The van der Waals surface area contributed by atoms with E-state index in [1.54, 1.807) is 0 Å². The van der Waals surface area contributed by atoms with Crippen molar-refractivity contribution >= 4 is 24.8 Å². The van der Waals surface area contributed by atoms with Gasteiger partial charge in [-0.05, 0) is 6.92 Å². The molecule has 0 saturated carbocycles. The van der Waals surface area contributed by atoms with Gasteiger partial charge in [-0.2, -0.15) is 0 Å². The van der Waals surface area contributed by atoms with Crippen molar-refractivity contribution in [1.82, 2.24) is 0 Å². The fourth-order valence-electron chi connectivity index (χ4n) is 0. The summed E-state index contributed by atoms with van der Waals surface area (Å²) in [6.07, 6.45) is -1.23. The summed E-state index contributed by atoms with van der Waals surface area (Å²) >= 11 is 0. The predicted molar refractivity (Wildman–Crippen MR) is 26.5 cm³/mol. The molecule has 0 radical (unpaired) electrons. The fraction of sp³-hybridized carbons (Fsp3) is 0.667. The van der Waals surface area contributed by atoms with E-state index in [1.807, 2.05) is 0 Å². The Hall–Kier alpha value is 0.0274. The molecular weight excluding hydrogens is 91.0 g/mol. The quantitative estimate of drug-likeness (QED) is 0.405. The molecule has 2 N–H and O–H groups in total. The van der Waals surface area contributed by atoms with Crippen molar-refractivity contribution in [3.63, 3.8) is 0 Å². The number of aliphatic hydroxyl groups is 1. The van der Waals surface area contributed by atoms with E-state index in [-0.39, 0.29) is 18.9 Å². The van der Waals surface area contributed by atoms with Gasteiger partial charge in [-0.1, -0.05) is 0 Å². The van der Waals surface area contributed by atoms with E-state index in [2.05, 4.69) is 0 Å². The van der Waals surface area contributed by atoms with Gasteiger partial charge in [0.2, 0.25) is 0 Å². The van der Waals surface area contributed by atoms with Crippen LogP contribution in [0, 0.1) is 0 Å².